The number of benzene rings is 1. The maximum absolute atomic E-state index is 11.9. The molecule has 8 heteroatoms. The lowest BCUT2D eigenvalue weighted by Crippen LogP contribution is -2.12. The van der Waals surface area contributed by atoms with Gasteiger partial charge in [0.1, 0.15) is 6.20 Å². The minimum absolute atomic E-state index is 0.119. The molecule has 0 aliphatic carbocycles. The zero-order chi connectivity index (χ0) is 13.8. The molecule has 0 aliphatic heterocycles. The van der Waals surface area contributed by atoms with Crippen LogP contribution in [0.3, 0.4) is 0 Å². The number of amides is 1. The number of aromatic nitrogens is 1. The van der Waals surface area contributed by atoms with E-state index in [9.17, 15) is 14.9 Å². The average Bonchev–Trinajstić information content (AvgIpc) is 2.87. The Morgan fingerprint density at radius 1 is 1.53 bits per heavy atom. The number of rotatable bonds is 4. The maximum Gasteiger partial charge on any atom is 0.345 e. The summed E-state index contributed by atoms with van der Waals surface area (Å²) in [5.41, 5.74) is 6.75. The maximum atomic E-state index is 11.9. The summed E-state index contributed by atoms with van der Waals surface area (Å²) in [6.07, 6.45) is 1.11. The number of carbonyl (C=O) groups excluding carboxylic acids is 1. The van der Waals surface area contributed by atoms with E-state index in [1.165, 1.54) is 0 Å². The number of anilines is 1. The summed E-state index contributed by atoms with van der Waals surface area (Å²) in [7, 11) is 0. The summed E-state index contributed by atoms with van der Waals surface area (Å²) in [5, 5.41) is 13.1. The van der Waals surface area contributed by atoms with Crippen LogP contribution in [0.5, 0.6) is 0 Å². The number of hydrogen-bond acceptors (Lipinski definition) is 6. The third kappa shape index (κ3) is 3.12. The van der Waals surface area contributed by atoms with Crippen molar-refractivity contribution in [2.45, 2.75) is 6.54 Å². The minimum Gasteiger partial charge on any atom is -0.326 e. The van der Waals surface area contributed by atoms with E-state index in [4.69, 9.17) is 5.73 Å². The van der Waals surface area contributed by atoms with Crippen molar-refractivity contribution in [3.05, 3.63) is 51.7 Å². The molecule has 0 bridgehead atoms. The molecule has 0 unspecified atom stereocenters. The van der Waals surface area contributed by atoms with Crippen LogP contribution in [0, 0.1) is 10.1 Å². The largest absolute Gasteiger partial charge is 0.345 e. The first-order chi connectivity index (χ1) is 9.10. The predicted octanol–water partition coefficient (Wildman–Crippen LogP) is 1.76. The Labute approximate surface area is 112 Å². The standard InChI is InChI=1S/C11H10N4O3S/c12-5-7-2-1-3-8(4-7)10(16)14-11-13-6-9(19-11)15(17)18/h1-4,6H,5,12H2,(H,13,14,16). The van der Waals surface area contributed by atoms with Gasteiger partial charge in [-0.1, -0.05) is 12.1 Å². The van der Waals surface area contributed by atoms with E-state index >= 15 is 0 Å². The Bertz CT molecular complexity index is 626. The first kappa shape index (κ1) is 13.1. The Morgan fingerprint density at radius 3 is 2.95 bits per heavy atom. The highest BCUT2D eigenvalue weighted by molar-refractivity contribution is 7.18. The molecular formula is C11H10N4O3S. The van der Waals surface area contributed by atoms with Gasteiger partial charge in [0.15, 0.2) is 5.13 Å². The second-order valence-electron chi connectivity index (χ2n) is 3.62. The fraction of sp³-hybridized carbons (Fsp3) is 0.0909. The molecule has 0 saturated carbocycles. The van der Waals surface area contributed by atoms with Gasteiger partial charge in [0.25, 0.3) is 5.91 Å². The number of nitrogens with zero attached hydrogens (tertiary/aromatic N) is 2. The fourth-order valence-corrected chi connectivity index (χ4v) is 2.04. The third-order valence-electron chi connectivity index (χ3n) is 2.32. The molecule has 1 heterocycles. The molecule has 0 radical (unpaired) electrons. The Balaban J connectivity index is 2.13. The molecule has 0 fully saturated rings. The second kappa shape index (κ2) is 5.55. The van der Waals surface area contributed by atoms with Crippen LogP contribution in [-0.2, 0) is 6.54 Å². The normalized spacial score (nSPS) is 10.2. The highest BCUT2D eigenvalue weighted by atomic mass is 32.1. The Hall–Kier alpha value is -2.32. The number of nitrogens with one attached hydrogen (secondary N) is 1. The van der Waals surface area contributed by atoms with Crippen molar-refractivity contribution in [2.24, 2.45) is 5.73 Å². The fourth-order valence-electron chi connectivity index (χ4n) is 1.42. The van der Waals surface area contributed by atoms with Gasteiger partial charge in [-0.05, 0) is 29.0 Å². The molecule has 0 atom stereocenters. The molecule has 0 spiro atoms. The van der Waals surface area contributed by atoms with Crippen molar-refractivity contribution in [3.63, 3.8) is 0 Å². The van der Waals surface area contributed by atoms with Crippen LogP contribution in [0.4, 0.5) is 10.1 Å². The second-order valence-corrected chi connectivity index (χ2v) is 4.63. The van der Waals surface area contributed by atoms with Crippen LogP contribution in [0.15, 0.2) is 30.5 Å². The monoisotopic (exact) mass is 278 g/mol. The van der Waals surface area contributed by atoms with Crippen LogP contribution < -0.4 is 11.1 Å². The number of nitrogens with two attached hydrogens (primary N) is 1. The van der Waals surface area contributed by atoms with Crippen LogP contribution in [0.2, 0.25) is 0 Å². The van der Waals surface area contributed by atoms with Gasteiger partial charge in [-0.15, -0.1) is 0 Å². The topological polar surface area (TPSA) is 111 Å². The van der Waals surface area contributed by atoms with Gasteiger partial charge >= 0.3 is 5.00 Å². The third-order valence-corrected chi connectivity index (χ3v) is 3.18. The van der Waals surface area contributed by atoms with E-state index in [-0.39, 0.29) is 16.0 Å². The summed E-state index contributed by atoms with van der Waals surface area (Å²) in [5.74, 6) is -0.375. The first-order valence-electron chi connectivity index (χ1n) is 5.30. The minimum atomic E-state index is -0.553. The van der Waals surface area contributed by atoms with E-state index < -0.39 is 4.92 Å². The molecule has 2 aromatic rings. The van der Waals surface area contributed by atoms with Crippen molar-refractivity contribution in [1.29, 1.82) is 0 Å². The van der Waals surface area contributed by atoms with E-state index in [1.807, 2.05) is 6.07 Å². The summed E-state index contributed by atoms with van der Waals surface area (Å²) >= 11 is 0.807. The van der Waals surface area contributed by atoms with Crippen LogP contribution >= 0.6 is 11.3 Å². The van der Waals surface area contributed by atoms with E-state index in [0.717, 1.165) is 23.1 Å². The van der Waals surface area contributed by atoms with Gasteiger partial charge in [0.05, 0.1) is 4.92 Å². The summed E-state index contributed by atoms with van der Waals surface area (Å²) in [6.45, 7) is 0.337. The number of nitro groups is 1. The number of hydrogen-bond donors (Lipinski definition) is 2. The summed E-state index contributed by atoms with van der Waals surface area (Å²) in [4.78, 5) is 25.6. The molecule has 2 rings (SSSR count). The molecule has 1 aromatic heterocycles. The van der Waals surface area contributed by atoms with Gasteiger partial charge in [-0.2, -0.15) is 0 Å². The molecule has 19 heavy (non-hydrogen) atoms. The Kier molecular flexibility index (Phi) is 3.83. The molecule has 3 N–H and O–H groups in total. The van der Waals surface area contributed by atoms with Crippen LogP contribution in [-0.4, -0.2) is 15.8 Å². The van der Waals surface area contributed by atoms with E-state index in [2.05, 4.69) is 10.3 Å². The van der Waals surface area contributed by atoms with Gasteiger partial charge in [0, 0.05) is 12.1 Å². The van der Waals surface area contributed by atoms with Gasteiger partial charge in [-0.25, -0.2) is 4.98 Å². The van der Waals surface area contributed by atoms with E-state index in [0.29, 0.717) is 12.1 Å². The van der Waals surface area contributed by atoms with Gasteiger partial charge in [-0.3, -0.25) is 20.2 Å². The van der Waals surface area contributed by atoms with Crippen molar-refractivity contribution in [1.82, 2.24) is 4.98 Å². The number of thiazole rings is 1. The molecule has 7 nitrogen and oxygen atoms in total. The highest BCUT2D eigenvalue weighted by Gasteiger charge is 2.14. The van der Waals surface area contributed by atoms with Gasteiger partial charge in [0.2, 0.25) is 0 Å². The first-order valence-corrected chi connectivity index (χ1v) is 6.12. The lowest BCUT2D eigenvalue weighted by molar-refractivity contribution is -0.380. The molecule has 1 amide bonds. The number of carbonyl (C=O) groups is 1. The average molecular weight is 278 g/mol. The SMILES string of the molecule is NCc1cccc(C(=O)Nc2ncc([N+](=O)[O-])s2)c1. The lowest BCUT2D eigenvalue weighted by Gasteiger charge is -2.03. The predicted molar refractivity (Wildman–Crippen MR) is 71.1 cm³/mol. The smallest absolute Gasteiger partial charge is 0.326 e. The Morgan fingerprint density at radius 2 is 2.32 bits per heavy atom. The summed E-state index contributed by atoms with van der Waals surface area (Å²) < 4.78 is 0. The zero-order valence-electron chi connectivity index (χ0n) is 9.70. The molecule has 98 valence electrons. The summed E-state index contributed by atoms with van der Waals surface area (Å²) in [6, 6.07) is 6.83. The van der Waals surface area contributed by atoms with Crippen LogP contribution in [0.1, 0.15) is 15.9 Å². The van der Waals surface area contributed by atoms with Gasteiger partial charge < -0.3 is 5.73 Å². The molecule has 1 aromatic carbocycles. The quantitative estimate of drug-likeness (QED) is 0.653. The molecular weight excluding hydrogens is 268 g/mol. The molecule has 0 saturated heterocycles. The highest BCUT2D eigenvalue weighted by Crippen LogP contribution is 2.25. The van der Waals surface area contributed by atoms with Crippen molar-refractivity contribution >= 4 is 27.4 Å². The molecule has 0 aliphatic rings. The van der Waals surface area contributed by atoms with Crippen molar-refractivity contribution in [2.75, 3.05) is 5.32 Å². The van der Waals surface area contributed by atoms with Crippen molar-refractivity contribution < 1.29 is 9.72 Å². The van der Waals surface area contributed by atoms with E-state index in [1.54, 1.807) is 18.2 Å². The van der Waals surface area contributed by atoms with Crippen LogP contribution in [0.25, 0.3) is 0 Å². The zero-order valence-corrected chi connectivity index (χ0v) is 10.5. The lowest BCUT2D eigenvalue weighted by atomic mass is 10.1. The van der Waals surface area contributed by atoms with Crippen molar-refractivity contribution in [3.8, 4) is 0 Å².